The number of halogens is 1. The Morgan fingerprint density at radius 3 is 2.08 bits per heavy atom. The lowest BCUT2D eigenvalue weighted by Gasteiger charge is -2.47. The van der Waals surface area contributed by atoms with Crippen LogP contribution in [0.4, 0.5) is 9.18 Å². The molecule has 0 saturated carbocycles. The topological polar surface area (TPSA) is 55.8 Å². The molecule has 2 aliphatic heterocycles. The van der Waals surface area contributed by atoms with Crippen molar-refractivity contribution in [2.75, 3.05) is 19.8 Å². The number of carbonyl (C=O) groups is 2. The zero-order valence-electron chi connectivity index (χ0n) is 20.6. The van der Waals surface area contributed by atoms with Gasteiger partial charge in [0.15, 0.2) is 0 Å². The van der Waals surface area contributed by atoms with Crippen LogP contribution >= 0.6 is 0 Å². The molecule has 2 fully saturated rings. The highest BCUT2D eigenvalue weighted by molar-refractivity contribution is 5.82. The van der Waals surface area contributed by atoms with E-state index in [1.165, 1.54) is 34.4 Å². The van der Waals surface area contributed by atoms with Crippen molar-refractivity contribution in [1.82, 2.24) is 4.90 Å². The first kappa shape index (κ1) is 23.9. The predicted octanol–water partition coefficient (Wildman–Crippen LogP) is 5.76. The molecule has 2 heterocycles. The third-order valence-electron chi connectivity index (χ3n) is 8.10. The summed E-state index contributed by atoms with van der Waals surface area (Å²) >= 11 is 0. The monoisotopic (exact) mass is 499 g/mol. The molecule has 2 saturated heterocycles. The van der Waals surface area contributed by atoms with E-state index in [-0.39, 0.29) is 48.2 Å². The summed E-state index contributed by atoms with van der Waals surface area (Å²) in [4.78, 5) is 28.2. The first-order valence-electron chi connectivity index (χ1n) is 13.1. The lowest BCUT2D eigenvalue weighted by atomic mass is 9.81. The highest BCUT2D eigenvalue weighted by Crippen LogP contribution is 2.44. The van der Waals surface area contributed by atoms with E-state index < -0.39 is 0 Å². The maximum atomic E-state index is 13.3. The number of ether oxygens (including phenoxy) is 2. The summed E-state index contributed by atoms with van der Waals surface area (Å²) in [6.45, 7) is 1.12. The third-order valence-corrected chi connectivity index (χ3v) is 8.10. The molecule has 0 spiro atoms. The Bertz CT molecular complexity index is 1250. The average Bonchev–Trinajstić information content (AvgIpc) is 3.24. The van der Waals surface area contributed by atoms with E-state index in [1.54, 1.807) is 12.1 Å². The number of hydrogen-bond acceptors (Lipinski definition) is 4. The number of morpholine rings is 1. The van der Waals surface area contributed by atoms with Gasteiger partial charge in [-0.25, -0.2) is 9.18 Å². The van der Waals surface area contributed by atoms with Gasteiger partial charge in [0.05, 0.1) is 25.3 Å². The van der Waals surface area contributed by atoms with E-state index in [1.807, 2.05) is 29.2 Å². The smallest absolute Gasteiger partial charge is 0.410 e. The van der Waals surface area contributed by atoms with Gasteiger partial charge in [-0.2, -0.15) is 0 Å². The summed E-state index contributed by atoms with van der Waals surface area (Å²) in [7, 11) is 0. The van der Waals surface area contributed by atoms with Crippen molar-refractivity contribution in [2.45, 2.75) is 43.7 Å². The fourth-order valence-electron chi connectivity index (χ4n) is 6.27. The Morgan fingerprint density at radius 2 is 1.46 bits per heavy atom. The summed E-state index contributed by atoms with van der Waals surface area (Å²) in [6.07, 6.45) is 1.86. The zero-order valence-corrected chi connectivity index (χ0v) is 20.6. The zero-order chi connectivity index (χ0) is 25.4. The van der Waals surface area contributed by atoms with Gasteiger partial charge < -0.3 is 9.47 Å². The van der Waals surface area contributed by atoms with E-state index in [9.17, 15) is 14.0 Å². The molecular weight excluding hydrogens is 469 g/mol. The molecule has 2 bridgehead atoms. The van der Waals surface area contributed by atoms with Gasteiger partial charge in [-0.15, -0.1) is 0 Å². The Balaban J connectivity index is 1.09. The maximum Gasteiger partial charge on any atom is 0.410 e. The molecule has 1 aliphatic carbocycles. The van der Waals surface area contributed by atoms with Gasteiger partial charge in [-0.05, 0) is 59.2 Å². The number of benzene rings is 3. The molecule has 37 heavy (non-hydrogen) atoms. The lowest BCUT2D eigenvalue weighted by Crippen LogP contribution is -2.60. The number of nitrogens with zero attached hydrogens (tertiary/aromatic N) is 1. The largest absolute Gasteiger partial charge is 0.448 e. The molecule has 6 heteroatoms. The maximum absolute atomic E-state index is 13.3. The van der Waals surface area contributed by atoms with Crippen molar-refractivity contribution in [3.63, 3.8) is 0 Å². The van der Waals surface area contributed by atoms with E-state index in [4.69, 9.17) is 9.47 Å². The van der Waals surface area contributed by atoms with E-state index >= 15 is 0 Å². The number of ketones is 1. The molecule has 5 nitrogen and oxygen atoms in total. The fourth-order valence-corrected chi connectivity index (χ4v) is 6.27. The molecule has 6 rings (SSSR count). The summed E-state index contributed by atoms with van der Waals surface area (Å²) in [5.74, 6) is -0.160. The minimum absolute atomic E-state index is 0.0121. The van der Waals surface area contributed by atoms with E-state index in [2.05, 4.69) is 24.3 Å². The standard InChI is InChI=1S/C31H30FNO4/c32-22-12-9-20(10-13-22)11-14-30(34)21-15-23-17-36-18-24(16-21)33(23)31(35)37-19-29-27-7-3-1-5-25(27)26-6-2-4-8-28(26)29/h1-10,12-13,21,23-24,29H,11,14-19H2. The quantitative estimate of drug-likeness (QED) is 0.433. The molecule has 0 N–H and O–H groups in total. The van der Waals surface area contributed by atoms with Gasteiger partial charge in [0.2, 0.25) is 0 Å². The van der Waals surface area contributed by atoms with Crippen LogP contribution in [0.25, 0.3) is 11.1 Å². The molecule has 3 aromatic rings. The number of hydrogen-bond donors (Lipinski definition) is 0. The Labute approximate surface area is 216 Å². The molecule has 3 aliphatic rings. The second kappa shape index (κ2) is 10.1. The van der Waals surface area contributed by atoms with E-state index in [0.29, 0.717) is 38.9 Å². The summed E-state index contributed by atoms with van der Waals surface area (Å²) in [6, 6.07) is 22.6. The number of Topliss-reactive ketones (excluding diaryl/α,β-unsaturated/α-hetero) is 1. The van der Waals surface area contributed by atoms with Crippen LogP contribution in [0.3, 0.4) is 0 Å². The van der Waals surface area contributed by atoms with Crippen LogP contribution in [-0.4, -0.2) is 48.7 Å². The minimum atomic E-state index is -0.322. The van der Waals surface area contributed by atoms with E-state index in [0.717, 1.165) is 5.56 Å². The van der Waals surface area contributed by atoms with Crippen LogP contribution in [0.2, 0.25) is 0 Å². The Morgan fingerprint density at radius 1 is 0.865 bits per heavy atom. The lowest BCUT2D eigenvalue weighted by molar-refractivity contribution is -0.131. The van der Waals surface area contributed by atoms with Crippen LogP contribution in [0.1, 0.15) is 41.9 Å². The van der Waals surface area contributed by atoms with Crippen molar-refractivity contribution in [2.24, 2.45) is 5.92 Å². The van der Waals surface area contributed by atoms with Crippen molar-refractivity contribution < 1.29 is 23.5 Å². The van der Waals surface area contributed by atoms with Crippen LogP contribution in [0, 0.1) is 11.7 Å². The van der Waals surface area contributed by atoms with Gasteiger partial charge in [0.1, 0.15) is 18.2 Å². The SMILES string of the molecule is O=C(CCc1ccc(F)cc1)C1CC2COCC(C1)N2C(=O)OCC1c2ccccc2-c2ccccc21. The molecule has 0 aromatic heterocycles. The van der Waals surface area contributed by atoms with Gasteiger partial charge in [0.25, 0.3) is 0 Å². The van der Waals surface area contributed by atoms with Gasteiger partial charge in [-0.3, -0.25) is 9.69 Å². The number of fused-ring (bicyclic) bond motifs is 5. The second-order valence-corrected chi connectivity index (χ2v) is 10.3. The predicted molar refractivity (Wildman–Crippen MR) is 138 cm³/mol. The van der Waals surface area contributed by atoms with Crippen molar-refractivity contribution in [1.29, 1.82) is 0 Å². The number of piperidine rings is 1. The van der Waals surface area contributed by atoms with Crippen molar-refractivity contribution in [3.8, 4) is 11.1 Å². The van der Waals surface area contributed by atoms with Crippen molar-refractivity contribution in [3.05, 3.63) is 95.3 Å². The molecular formula is C31H30FNO4. The first-order chi connectivity index (χ1) is 18.1. The summed E-state index contributed by atoms with van der Waals surface area (Å²) < 4.78 is 24.9. The van der Waals surface area contributed by atoms with Gasteiger partial charge in [0, 0.05) is 18.3 Å². The van der Waals surface area contributed by atoms with Crippen molar-refractivity contribution >= 4 is 11.9 Å². The van der Waals surface area contributed by atoms with Gasteiger partial charge >= 0.3 is 6.09 Å². The Kier molecular flexibility index (Phi) is 6.51. The van der Waals surface area contributed by atoms with Gasteiger partial charge in [-0.1, -0.05) is 60.7 Å². The molecule has 0 radical (unpaired) electrons. The molecule has 2 unspecified atom stereocenters. The highest BCUT2D eigenvalue weighted by atomic mass is 19.1. The number of rotatable bonds is 6. The number of aryl methyl sites for hydroxylation is 1. The first-order valence-corrected chi connectivity index (χ1v) is 13.1. The van der Waals surface area contributed by atoms with Crippen LogP contribution in [-0.2, 0) is 20.7 Å². The van der Waals surface area contributed by atoms with Crippen LogP contribution in [0.15, 0.2) is 72.8 Å². The Hall–Kier alpha value is -3.51. The third kappa shape index (κ3) is 4.66. The second-order valence-electron chi connectivity index (χ2n) is 10.3. The van der Waals surface area contributed by atoms with Crippen LogP contribution < -0.4 is 0 Å². The molecule has 3 aromatic carbocycles. The van der Waals surface area contributed by atoms with Crippen LogP contribution in [0.5, 0.6) is 0 Å². The number of carbonyl (C=O) groups excluding carboxylic acids is 2. The number of amides is 1. The molecule has 190 valence electrons. The average molecular weight is 500 g/mol. The molecule has 2 atom stereocenters. The summed E-state index contributed by atoms with van der Waals surface area (Å²) in [5.41, 5.74) is 5.72. The highest BCUT2D eigenvalue weighted by Gasteiger charge is 2.44. The minimum Gasteiger partial charge on any atom is -0.448 e. The summed E-state index contributed by atoms with van der Waals surface area (Å²) in [5, 5.41) is 0. The fraction of sp³-hybridized carbons (Fsp3) is 0.355. The normalized spacial score (nSPS) is 22.3. The molecule has 1 amide bonds.